The van der Waals surface area contributed by atoms with Crippen molar-refractivity contribution in [1.82, 2.24) is 14.5 Å². The van der Waals surface area contributed by atoms with Crippen LogP contribution >= 0.6 is 15.9 Å². The highest BCUT2D eigenvalue weighted by Gasteiger charge is 2.21. The van der Waals surface area contributed by atoms with Gasteiger partial charge in [-0.15, -0.1) is 0 Å². The van der Waals surface area contributed by atoms with Crippen molar-refractivity contribution in [2.75, 3.05) is 31.1 Å². The van der Waals surface area contributed by atoms with Gasteiger partial charge >= 0.3 is 0 Å². The zero-order valence-corrected chi connectivity index (χ0v) is 17.6. The van der Waals surface area contributed by atoms with Crippen LogP contribution in [0.4, 0.5) is 5.69 Å². The Hall–Kier alpha value is -2.89. The Bertz CT molecular complexity index is 1180. The van der Waals surface area contributed by atoms with Gasteiger partial charge in [-0.25, -0.2) is 4.98 Å². The second kappa shape index (κ2) is 7.85. The molecule has 2 aromatic heterocycles. The molecule has 1 fully saturated rings. The van der Waals surface area contributed by atoms with Gasteiger partial charge in [0, 0.05) is 55.9 Å². The molecule has 4 rings (SSSR count). The number of aromatic hydroxyl groups is 1. The predicted octanol–water partition coefficient (Wildman–Crippen LogP) is 2.60. The van der Waals surface area contributed by atoms with Crippen LogP contribution in [0.3, 0.4) is 0 Å². The van der Waals surface area contributed by atoms with E-state index in [1.165, 1.54) is 0 Å². The van der Waals surface area contributed by atoms with Crippen LogP contribution in [0.1, 0.15) is 11.3 Å². The lowest BCUT2D eigenvalue weighted by molar-refractivity contribution is 0.247. The van der Waals surface area contributed by atoms with E-state index < -0.39 is 0 Å². The van der Waals surface area contributed by atoms with Gasteiger partial charge in [-0.3, -0.25) is 9.69 Å². The maximum absolute atomic E-state index is 12.4. The average Bonchev–Trinajstić information content (AvgIpc) is 2.73. The van der Waals surface area contributed by atoms with Crippen molar-refractivity contribution in [3.63, 3.8) is 0 Å². The molecular formula is C21H20BrN5O2. The third-order valence-corrected chi connectivity index (χ3v) is 5.83. The second-order valence-electron chi connectivity index (χ2n) is 7.14. The summed E-state index contributed by atoms with van der Waals surface area (Å²) in [6.45, 7) is 3.73. The molecule has 7 nitrogen and oxygen atoms in total. The number of benzene rings is 1. The molecule has 0 bridgehead atoms. The third-order valence-electron chi connectivity index (χ3n) is 5.34. The Balaban J connectivity index is 1.57. The van der Waals surface area contributed by atoms with Gasteiger partial charge in [0.15, 0.2) is 0 Å². The number of hydrogen-bond acceptors (Lipinski definition) is 6. The minimum absolute atomic E-state index is 0.0961. The molecule has 1 aromatic carbocycles. The van der Waals surface area contributed by atoms with Crippen molar-refractivity contribution < 1.29 is 5.11 Å². The van der Waals surface area contributed by atoms with E-state index in [4.69, 9.17) is 0 Å². The van der Waals surface area contributed by atoms with E-state index >= 15 is 0 Å². The largest absolute Gasteiger partial charge is 0.508 e. The van der Waals surface area contributed by atoms with Crippen molar-refractivity contribution >= 4 is 32.7 Å². The summed E-state index contributed by atoms with van der Waals surface area (Å²) in [4.78, 5) is 21.3. The van der Waals surface area contributed by atoms with Crippen LogP contribution in [-0.2, 0) is 13.6 Å². The first kappa shape index (κ1) is 19.4. The standard InChI is InChI=1S/C21H20BrN5O2/c1-25-17-5-4-16(12-23)24-21(17)18(11-20(25)29)27-8-6-26(7-9-27)13-14-2-3-15(22)10-19(14)28/h2-5,10-11,28H,6-9,13H2,1H3. The fourth-order valence-electron chi connectivity index (χ4n) is 3.67. The minimum atomic E-state index is -0.0961. The van der Waals surface area contributed by atoms with E-state index in [1.54, 1.807) is 35.9 Å². The lowest BCUT2D eigenvalue weighted by atomic mass is 10.1. The van der Waals surface area contributed by atoms with E-state index in [9.17, 15) is 15.2 Å². The molecule has 148 valence electrons. The molecule has 0 atom stereocenters. The van der Waals surface area contributed by atoms with Crippen molar-refractivity contribution in [1.29, 1.82) is 5.26 Å². The zero-order chi connectivity index (χ0) is 20.5. The maximum Gasteiger partial charge on any atom is 0.252 e. The Labute approximate surface area is 176 Å². The lowest BCUT2D eigenvalue weighted by Crippen LogP contribution is -2.46. The van der Waals surface area contributed by atoms with Gasteiger partial charge in [0.25, 0.3) is 5.56 Å². The third kappa shape index (κ3) is 3.84. The summed E-state index contributed by atoms with van der Waals surface area (Å²) in [7, 11) is 1.71. The number of phenols is 1. The molecule has 8 heteroatoms. The van der Waals surface area contributed by atoms with Crippen molar-refractivity contribution in [3.8, 4) is 11.8 Å². The van der Waals surface area contributed by atoms with Crippen LogP contribution in [0.5, 0.6) is 5.75 Å². The molecule has 1 N–H and O–H groups in total. The summed E-state index contributed by atoms with van der Waals surface area (Å²) < 4.78 is 2.41. The van der Waals surface area contributed by atoms with Crippen molar-refractivity contribution in [3.05, 3.63) is 62.5 Å². The molecule has 1 aliphatic heterocycles. The number of anilines is 1. The minimum Gasteiger partial charge on any atom is -0.508 e. The van der Waals surface area contributed by atoms with Gasteiger partial charge < -0.3 is 14.6 Å². The number of fused-ring (bicyclic) bond motifs is 1. The molecule has 0 saturated carbocycles. The highest BCUT2D eigenvalue weighted by atomic mass is 79.9. The number of aryl methyl sites for hydroxylation is 1. The van der Waals surface area contributed by atoms with Gasteiger partial charge in [-0.1, -0.05) is 22.0 Å². The SMILES string of the molecule is Cn1c(=O)cc(N2CCN(Cc3ccc(Br)cc3O)CC2)c2nc(C#N)ccc21. The molecule has 0 spiro atoms. The quantitative estimate of drug-likeness (QED) is 0.655. The molecule has 0 aliphatic carbocycles. The summed E-state index contributed by atoms with van der Waals surface area (Å²) in [5, 5.41) is 19.3. The molecule has 29 heavy (non-hydrogen) atoms. The summed E-state index contributed by atoms with van der Waals surface area (Å²) in [5.74, 6) is 0.285. The number of hydrogen-bond donors (Lipinski definition) is 1. The number of nitriles is 1. The van der Waals surface area contributed by atoms with Gasteiger partial charge in [0.1, 0.15) is 23.0 Å². The first-order valence-electron chi connectivity index (χ1n) is 9.32. The number of halogens is 1. The van der Waals surface area contributed by atoms with Crippen molar-refractivity contribution in [2.24, 2.45) is 7.05 Å². The van der Waals surface area contributed by atoms with E-state index in [0.717, 1.165) is 41.9 Å². The van der Waals surface area contributed by atoms with Crippen LogP contribution in [0.15, 0.2) is 45.7 Å². The number of phenolic OH excluding ortho intramolecular Hbond substituents is 1. The van der Waals surface area contributed by atoms with E-state index in [1.807, 2.05) is 12.1 Å². The molecule has 0 amide bonds. The summed E-state index contributed by atoms with van der Waals surface area (Å²) in [5.41, 5.74) is 3.29. The fourth-order valence-corrected chi connectivity index (χ4v) is 4.02. The topological polar surface area (TPSA) is 85.4 Å². The molecule has 1 aliphatic rings. The average molecular weight is 454 g/mol. The molecule has 1 saturated heterocycles. The zero-order valence-electron chi connectivity index (χ0n) is 16.0. The predicted molar refractivity (Wildman–Crippen MR) is 115 cm³/mol. The Morgan fingerprint density at radius 2 is 1.93 bits per heavy atom. The smallest absolute Gasteiger partial charge is 0.252 e. The Kier molecular flexibility index (Phi) is 5.26. The fraction of sp³-hybridized carbons (Fsp3) is 0.286. The first-order valence-corrected chi connectivity index (χ1v) is 10.1. The van der Waals surface area contributed by atoms with Crippen LogP contribution in [-0.4, -0.2) is 45.7 Å². The number of piperazine rings is 1. The highest BCUT2D eigenvalue weighted by Crippen LogP contribution is 2.27. The van der Waals surface area contributed by atoms with Crippen LogP contribution in [0.2, 0.25) is 0 Å². The summed E-state index contributed by atoms with van der Waals surface area (Å²) >= 11 is 3.36. The van der Waals surface area contributed by atoms with Crippen molar-refractivity contribution in [2.45, 2.75) is 6.54 Å². The van der Waals surface area contributed by atoms with Gasteiger partial charge in [0.2, 0.25) is 0 Å². The molecule has 0 radical (unpaired) electrons. The summed E-state index contributed by atoms with van der Waals surface area (Å²) in [6, 6.07) is 12.6. The Morgan fingerprint density at radius 3 is 2.62 bits per heavy atom. The number of nitrogens with zero attached hydrogens (tertiary/aromatic N) is 5. The number of pyridine rings is 2. The van der Waals surface area contributed by atoms with E-state index in [2.05, 4.69) is 36.8 Å². The molecular weight excluding hydrogens is 434 g/mol. The number of aromatic nitrogens is 2. The van der Waals surface area contributed by atoms with Crippen LogP contribution < -0.4 is 10.5 Å². The second-order valence-corrected chi connectivity index (χ2v) is 8.05. The van der Waals surface area contributed by atoms with E-state index in [0.29, 0.717) is 23.3 Å². The maximum atomic E-state index is 12.4. The monoisotopic (exact) mass is 453 g/mol. The summed E-state index contributed by atoms with van der Waals surface area (Å²) in [6.07, 6.45) is 0. The first-order chi connectivity index (χ1) is 14.0. The molecule has 0 unspecified atom stereocenters. The normalized spacial score (nSPS) is 14.9. The van der Waals surface area contributed by atoms with Gasteiger partial charge in [-0.05, 0) is 24.3 Å². The van der Waals surface area contributed by atoms with Gasteiger partial charge in [-0.2, -0.15) is 5.26 Å². The number of rotatable bonds is 3. The highest BCUT2D eigenvalue weighted by molar-refractivity contribution is 9.10. The lowest BCUT2D eigenvalue weighted by Gasteiger charge is -2.36. The van der Waals surface area contributed by atoms with Gasteiger partial charge in [0.05, 0.1) is 11.2 Å². The van der Waals surface area contributed by atoms with E-state index in [-0.39, 0.29) is 11.3 Å². The van der Waals surface area contributed by atoms with Crippen LogP contribution in [0.25, 0.3) is 11.0 Å². The molecule has 3 aromatic rings. The molecule has 3 heterocycles. The Morgan fingerprint density at radius 1 is 1.17 bits per heavy atom. The van der Waals surface area contributed by atoms with Crippen LogP contribution in [0, 0.1) is 11.3 Å².